The zero-order chi connectivity index (χ0) is 8.27. The average molecular weight is 156 g/mol. The van der Waals surface area contributed by atoms with E-state index < -0.39 is 5.95 Å². The minimum absolute atomic E-state index is 0.247. The molecule has 0 spiro atoms. The van der Waals surface area contributed by atoms with Crippen LogP contribution < -0.4 is 5.90 Å². The summed E-state index contributed by atoms with van der Waals surface area (Å²) in [6.07, 6.45) is 1.15. The Kier molecular flexibility index (Phi) is 2.51. The van der Waals surface area contributed by atoms with Crippen molar-refractivity contribution in [1.82, 2.24) is 4.98 Å². The van der Waals surface area contributed by atoms with E-state index in [0.717, 1.165) is 5.56 Å². The van der Waals surface area contributed by atoms with Gasteiger partial charge in [-0.15, -0.1) is 0 Å². The van der Waals surface area contributed by atoms with Crippen molar-refractivity contribution in [2.75, 3.05) is 0 Å². The Morgan fingerprint density at radius 2 is 2.36 bits per heavy atom. The van der Waals surface area contributed by atoms with Crippen LogP contribution in [0.1, 0.15) is 18.6 Å². The molecule has 0 amide bonds. The number of halogens is 1. The van der Waals surface area contributed by atoms with E-state index in [-0.39, 0.29) is 6.10 Å². The first kappa shape index (κ1) is 8.10. The van der Waals surface area contributed by atoms with E-state index >= 15 is 0 Å². The Balaban J connectivity index is 2.81. The van der Waals surface area contributed by atoms with Gasteiger partial charge in [-0.1, -0.05) is 6.07 Å². The summed E-state index contributed by atoms with van der Waals surface area (Å²) in [7, 11) is 0. The Morgan fingerprint density at radius 3 is 2.82 bits per heavy atom. The first-order valence-corrected chi connectivity index (χ1v) is 3.21. The highest BCUT2D eigenvalue weighted by Gasteiger charge is 2.03. The maximum Gasteiger partial charge on any atom is 0.212 e. The molecule has 0 aliphatic rings. The molecule has 0 radical (unpaired) electrons. The fourth-order valence-corrected chi connectivity index (χ4v) is 0.706. The molecule has 0 saturated carbocycles. The summed E-state index contributed by atoms with van der Waals surface area (Å²) in [5.41, 5.74) is 0.758. The van der Waals surface area contributed by atoms with Crippen LogP contribution in [0.25, 0.3) is 0 Å². The zero-order valence-electron chi connectivity index (χ0n) is 6.12. The molecule has 1 aromatic heterocycles. The molecule has 0 aliphatic carbocycles. The summed E-state index contributed by atoms with van der Waals surface area (Å²) in [4.78, 5) is 7.96. The van der Waals surface area contributed by atoms with Crippen molar-refractivity contribution in [3.8, 4) is 0 Å². The Labute approximate surface area is 64.0 Å². The van der Waals surface area contributed by atoms with Crippen molar-refractivity contribution in [1.29, 1.82) is 0 Å². The topological polar surface area (TPSA) is 48.1 Å². The predicted octanol–water partition coefficient (Wildman–Crippen LogP) is 1.17. The maximum atomic E-state index is 12.3. The lowest BCUT2D eigenvalue weighted by molar-refractivity contribution is 0.0661. The quantitative estimate of drug-likeness (QED) is 0.516. The third-order valence-corrected chi connectivity index (χ3v) is 1.42. The van der Waals surface area contributed by atoms with Gasteiger partial charge in [0.15, 0.2) is 0 Å². The largest absolute Gasteiger partial charge is 0.297 e. The number of rotatable bonds is 2. The molecule has 1 heterocycles. The third kappa shape index (κ3) is 1.96. The Bertz CT molecular complexity index is 224. The van der Waals surface area contributed by atoms with Crippen LogP contribution in [0.5, 0.6) is 0 Å². The Hall–Kier alpha value is -1.00. The maximum absolute atomic E-state index is 12.3. The van der Waals surface area contributed by atoms with Crippen LogP contribution in [-0.2, 0) is 4.84 Å². The normalized spacial score (nSPS) is 13.0. The van der Waals surface area contributed by atoms with Gasteiger partial charge >= 0.3 is 0 Å². The van der Waals surface area contributed by atoms with Crippen molar-refractivity contribution in [3.05, 3.63) is 29.8 Å². The number of hydrogen-bond donors (Lipinski definition) is 1. The van der Waals surface area contributed by atoms with Crippen LogP contribution in [0.4, 0.5) is 4.39 Å². The fraction of sp³-hybridized carbons (Fsp3) is 0.286. The highest BCUT2D eigenvalue weighted by Crippen LogP contribution is 2.12. The second kappa shape index (κ2) is 3.41. The molecular formula is C7H9FN2O. The van der Waals surface area contributed by atoms with Gasteiger partial charge in [-0.3, -0.25) is 4.84 Å². The molecule has 60 valence electrons. The monoisotopic (exact) mass is 156 g/mol. The predicted molar refractivity (Wildman–Crippen MR) is 37.9 cm³/mol. The van der Waals surface area contributed by atoms with Gasteiger partial charge < -0.3 is 0 Å². The minimum Gasteiger partial charge on any atom is -0.297 e. The summed E-state index contributed by atoms with van der Waals surface area (Å²) >= 11 is 0. The fourth-order valence-electron chi connectivity index (χ4n) is 0.706. The van der Waals surface area contributed by atoms with Gasteiger partial charge in [0.05, 0.1) is 0 Å². The summed E-state index contributed by atoms with van der Waals surface area (Å²) < 4.78 is 12.3. The van der Waals surface area contributed by atoms with Crippen LogP contribution in [0.15, 0.2) is 18.3 Å². The van der Waals surface area contributed by atoms with E-state index in [2.05, 4.69) is 9.82 Å². The lowest BCUT2D eigenvalue weighted by Crippen LogP contribution is -2.05. The van der Waals surface area contributed by atoms with E-state index in [1.807, 2.05) is 0 Å². The second-order valence-electron chi connectivity index (χ2n) is 2.19. The van der Waals surface area contributed by atoms with Gasteiger partial charge in [0.1, 0.15) is 6.10 Å². The lowest BCUT2D eigenvalue weighted by Gasteiger charge is -2.06. The van der Waals surface area contributed by atoms with Crippen LogP contribution in [-0.4, -0.2) is 4.98 Å². The highest BCUT2D eigenvalue weighted by atomic mass is 19.1. The van der Waals surface area contributed by atoms with Crippen LogP contribution in [0.3, 0.4) is 0 Å². The van der Waals surface area contributed by atoms with Gasteiger partial charge in [0.2, 0.25) is 5.95 Å². The Morgan fingerprint density at radius 1 is 1.64 bits per heavy atom. The molecule has 0 bridgehead atoms. The van der Waals surface area contributed by atoms with Crippen molar-refractivity contribution >= 4 is 0 Å². The molecule has 1 unspecified atom stereocenters. The zero-order valence-corrected chi connectivity index (χ0v) is 6.12. The molecule has 1 rings (SSSR count). The van der Waals surface area contributed by atoms with Crippen molar-refractivity contribution in [2.45, 2.75) is 13.0 Å². The molecule has 3 nitrogen and oxygen atoms in total. The van der Waals surface area contributed by atoms with Gasteiger partial charge in [0.25, 0.3) is 0 Å². The first-order valence-electron chi connectivity index (χ1n) is 3.21. The van der Waals surface area contributed by atoms with Crippen LogP contribution >= 0.6 is 0 Å². The highest BCUT2D eigenvalue weighted by molar-refractivity contribution is 5.11. The summed E-state index contributed by atoms with van der Waals surface area (Å²) in [6, 6.07) is 2.85. The van der Waals surface area contributed by atoms with Crippen molar-refractivity contribution < 1.29 is 9.23 Å². The molecule has 0 aliphatic heterocycles. The lowest BCUT2D eigenvalue weighted by atomic mass is 10.2. The molecule has 4 heteroatoms. The second-order valence-corrected chi connectivity index (χ2v) is 2.19. The van der Waals surface area contributed by atoms with E-state index in [1.165, 1.54) is 12.3 Å². The van der Waals surface area contributed by atoms with Gasteiger partial charge in [-0.05, 0) is 13.0 Å². The number of pyridine rings is 1. The SMILES string of the molecule is CC(ON)c1ccc(F)nc1. The molecular weight excluding hydrogens is 147 g/mol. The molecule has 1 aromatic rings. The molecule has 0 saturated heterocycles. The van der Waals surface area contributed by atoms with E-state index in [9.17, 15) is 4.39 Å². The average Bonchev–Trinajstić information content (AvgIpc) is 2.05. The van der Waals surface area contributed by atoms with Gasteiger partial charge in [0, 0.05) is 11.8 Å². The smallest absolute Gasteiger partial charge is 0.212 e. The van der Waals surface area contributed by atoms with E-state index in [4.69, 9.17) is 5.90 Å². The minimum atomic E-state index is -0.502. The molecule has 0 aromatic carbocycles. The first-order chi connectivity index (χ1) is 5.24. The number of aromatic nitrogens is 1. The van der Waals surface area contributed by atoms with E-state index in [0.29, 0.717) is 0 Å². The summed E-state index contributed by atoms with van der Waals surface area (Å²) in [6.45, 7) is 1.76. The van der Waals surface area contributed by atoms with Gasteiger partial charge in [-0.25, -0.2) is 10.9 Å². The van der Waals surface area contributed by atoms with Crippen molar-refractivity contribution in [2.24, 2.45) is 5.90 Å². The molecule has 2 N–H and O–H groups in total. The van der Waals surface area contributed by atoms with Crippen LogP contribution in [0.2, 0.25) is 0 Å². The molecule has 1 atom stereocenters. The standard InChI is InChI=1S/C7H9FN2O/c1-5(11-9)6-2-3-7(8)10-4-6/h2-5H,9H2,1H3. The van der Waals surface area contributed by atoms with Crippen molar-refractivity contribution in [3.63, 3.8) is 0 Å². The number of nitrogens with two attached hydrogens (primary N) is 1. The third-order valence-electron chi connectivity index (χ3n) is 1.42. The molecule has 0 fully saturated rings. The summed E-state index contributed by atoms with van der Waals surface area (Å²) in [5, 5.41) is 0. The van der Waals surface area contributed by atoms with Gasteiger partial charge in [-0.2, -0.15) is 4.39 Å². The number of nitrogens with zero attached hydrogens (tertiary/aromatic N) is 1. The van der Waals surface area contributed by atoms with E-state index in [1.54, 1.807) is 13.0 Å². The summed E-state index contributed by atoms with van der Waals surface area (Å²) in [5.74, 6) is 4.42. The van der Waals surface area contributed by atoms with Crippen LogP contribution in [0, 0.1) is 5.95 Å². The molecule has 11 heavy (non-hydrogen) atoms. The number of hydrogen-bond acceptors (Lipinski definition) is 3.